The summed E-state index contributed by atoms with van der Waals surface area (Å²) in [6.07, 6.45) is 4.41. The van der Waals surface area contributed by atoms with Crippen molar-refractivity contribution in [2.75, 3.05) is 30.9 Å². The van der Waals surface area contributed by atoms with Crippen LogP contribution in [0.15, 0.2) is 54.9 Å². The number of aromatic nitrogens is 3. The van der Waals surface area contributed by atoms with Crippen molar-refractivity contribution in [1.82, 2.24) is 15.2 Å². The van der Waals surface area contributed by atoms with E-state index in [0.29, 0.717) is 22.3 Å². The zero-order chi connectivity index (χ0) is 19.9. The quantitative estimate of drug-likeness (QED) is 0.657. The molecule has 0 radical (unpaired) electrons. The average Bonchev–Trinajstić information content (AvgIpc) is 2.73. The van der Waals surface area contributed by atoms with Crippen molar-refractivity contribution in [2.24, 2.45) is 0 Å². The van der Waals surface area contributed by atoms with Crippen LogP contribution in [0.3, 0.4) is 0 Å². The second-order valence-electron chi connectivity index (χ2n) is 6.10. The zero-order valence-electron chi connectivity index (χ0n) is 15.6. The van der Waals surface area contributed by atoms with Gasteiger partial charge in [-0.2, -0.15) is 0 Å². The molecule has 0 saturated heterocycles. The molecule has 2 aromatic heterocycles. The molecule has 144 valence electrons. The van der Waals surface area contributed by atoms with Crippen molar-refractivity contribution >= 4 is 29.0 Å². The van der Waals surface area contributed by atoms with Gasteiger partial charge in [-0.15, -0.1) is 10.2 Å². The maximum atomic E-state index is 12.5. The van der Waals surface area contributed by atoms with Gasteiger partial charge in [0, 0.05) is 31.0 Å². The first kappa shape index (κ1) is 19.6. The fourth-order valence-corrected chi connectivity index (χ4v) is 2.75. The van der Waals surface area contributed by atoms with Gasteiger partial charge in [-0.25, -0.2) is 0 Å². The van der Waals surface area contributed by atoms with Crippen molar-refractivity contribution in [1.29, 1.82) is 0 Å². The van der Waals surface area contributed by atoms with E-state index in [-0.39, 0.29) is 11.6 Å². The van der Waals surface area contributed by atoms with Crippen LogP contribution in [0.4, 0.5) is 11.5 Å². The molecule has 28 heavy (non-hydrogen) atoms. The van der Waals surface area contributed by atoms with Crippen LogP contribution < -0.4 is 15.0 Å². The Labute approximate surface area is 168 Å². The van der Waals surface area contributed by atoms with Gasteiger partial charge in [0.2, 0.25) is 0 Å². The summed E-state index contributed by atoms with van der Waals surface area (Å²) >= 11 is 5.99. The number of nitrogens with zero attached hydrogens (tertiary/aromatic N) is 4. The van der Waals surface area contributed by atoms with E-state index in [9.17, 15) is 4.79 Å². The number of benzene rings is 1. The predicted octanol–water partition coefficient (Wildman–Crippen LogP) is 3.46. The van der Waals surface area contributed by atoms with Gasteiger partial charge in [-0.1, -0.05) is 11.6 Å². The Balaban J connectivity index is 1.63. The number of hydrogen-bond donors (Lipinski definition) is 1. The molecule has 3 aromatic rings. The summed E-state index contributed by atoms with van der Waals surface area (Å²) < 4.78 is 5.23. The van der Waals surface area contributed by atoms with Crippen LogP contribution in [0.5, 0.6) is 5.75 Å². The normalized spacial score (nSPS) is 10.4. The largest absolute Gasteiger partial charge is 0.495 e. The highest BCUT2D eigenvalue weighted by Crippen LogP contribution is 2.28. The first-order chi connectivity index (χ1) is 13.6. The highest BCUT2D eigenvalue weighted by Gasteiger charge is 2.13. The molecular formula is C20H20ClN5O2. The lowest BCUT2D eigenvalue weighted by atomic mass is 10.2. The second-order valence-corrected chi connectivity index (χ2v) is 6.54. The van der Waals surface area contributed by atoms with Gasteiger partial charge in [0.1, 0.15) is 5.75 Å². The third-order valence-electron chi connectivity index (χ3n) is 4.17. The SMILES string of the molecule is COc1ccc(Cl)cc1NC(=O)c1ccc(N(C)CCc2ccncc2)nn1. The van der Waals surface area contributed by atoms with Gasteiger partial charge < -0.3 is 15.0 Å². The van der Waals surface area contributed by atoms with Crippen LogP contribution in [-0.2, 0) is 6.42 Å². The van der Waals surface area contributed by atoms with Gasteiger partial charge in [-0.05, 0) is 54.4 Å². The molecule has 0 saturated carbocycles. The van der Waals surface area contributed by atoms with Gasteiger partial charge in [0.25, 0.3) is 5.91 Å². The summed E-state index contributed by atoms with van der Waals surface area (Å²) in [7, 11) is 3.46. The first-order valence-corrected chi connectivity index (χ1v) is 9.03. The molecule has 1 N–H and O–H groups in total. The van der Waals surface area contributed by atoms with Crippen LogP contribution in [0.1, 0.15) is 16.1 Å². The second kappa shape index (κ2) is 9.14. The van der Waals surface area contributed by atoms with Crippen LogP contribution in [-0.4, -0.2) is 41.8 Å². The minimum Gasteiger partial charge on any atom is -0.495 e. The van der Waals surface area contributed by atoms with Gasteiger partial charge in [-0.3, -0.25) is 9.78 Å². The molecule has 7 nitrogen and oxygen atoms in total. The highest BCUT2D eigenvalue weighted by atomic mass is 35.5. The number of anilines is 2. The molecule has 0 fully saturated rings. The summed E-state index contributed by atoms with van der Waals surface area (Å²) in [5.74, 6) is 0.808. The zero-order valence-corrected chi connectivity index (χ0v) is 16.3. The standard InChI is InChI=1S/C20H20ClN5O2/c1-26(12-9-14-7-10-22-11-8-14)19-6-4-16(24-25-19)20(27)23-17-13-15(21)3-5-18(17)28-2/h3-8,10-11,13H,9,12H2,1-2H3,(H,23,27). The minimum absolute atomic E-state index is 0.202. The van der Waals surface area contributed by atoms with Crippen molar-refractivity contribution in [3.05, 3.63) is 71.1 Å². The highest BCUT2D eigenvalue weighted by molar-refractivity contribution is 6.31. The van der Waals surface area contributed by atoms with Crippen LogP contribution >= 0.6 is 11.6 Å². The number of pyridine rings is 1. The Morgan fingerprint density at radius 3 is 2.61 bits per heavy atom. The van der Waals surface area contributed by atoms with E-state index in [1.165, 1.54) is 12.7 Å². The maximum absolute atomic E-state index is 12.5. The number of carbonyl (C=O) groups excluding carboxylic acids is 1. The first-order valence-electron chi connectivity index (χ1n) is 8.65. The lowest BCUT2D eigenvalue weighted by molar-refractivity contribution is 0.102. The number of nitrogens with one attached hydrogen (secondary N) is 1. The molecule has 0 spiro atoms. The average molecular weight is 398 g/mol. The summed E-state index contributed by atoms with van der Waals surface area (Å²) in [6, 6.07) is 12.4. The van der Waals surface area contributed by atoms with Crippen LogP contribution in [0.25, 0.3) is 0 Å². The van der Waals surface area contributed by atoms with E-state index >= 15 is 0 Å². The van der Waals surface area contributed by atoms with E-state index in [1.54, 1.807) is 42.7 Å². The molecular weight excluding hydrogens is 378 g/mol. The Morgan fingerprint density at radius 1 is 1.14 bits per heavy atom. The molecule has 0 aliphatic heterocycles. The third-order valence-corrected chi connectivity index (χ3v) is 4.40. The minimum atomic E-state index is -0.390. The molecule has 0 bridgehead atoms. The topological polar surface area (TPSA) is 80.2 Å². The van der Waals surface area contributed by atoms with Gasteiger partial charge >= 0.3 is 0 Å². The number of carbonyl (C=O) groups is 1. The lowest BCUT2D eigenvalue weighted by Gasteiger charge is -2.17. The molecule has 0 aliphatic rings. The van der Waals surface area contributed by atoms with E-state index in [0.717, 1.165) is 13.0 Å². The van der Waals surface area contributed by atoms with Crippen molar-refractivity contribution in [3.63, 3.8) is 0 Å². The molecule has 1 aromatic carbocycles. The van der Waals surface area contributed by atoms with E-state index < -0.39 is 0 Å². The fraction of sp³-hybridized carbons (Fsp3) is 0.200. The monoisotopic (exact) mass is 397 g/mol. The molecule has 0 unspecified atom stereocenters. The van der Waals surface area contributed by atoms with Gasteiger partial charge in [0.05, 0.1) is 12.8 Å². The number of methoxy groups -OCH3 is 1. The smallest absolute Gasteiger partial charge is 0.276 e. The van der Waals surface area contributed by atoms with E-state index in [4.69, 9.17) is 16.3 Å². The summed E-state index contributed by atoms with van der Waals surface area (Å²) in [6.45, 7) is 0.768. The molecule has 3 rings (SSSR count). The van der Waals surface area contributed by atoms with Crippen molar-refractivity contribution < 1.29 is 9.53 Å². The third kappa shape index (κ3) is 4.95. The molecule has 2 heterocycles. The van der Waals surface area contributed by atoms with Crippen molar-refractivity contribution in [3.8, 4) is 5.75 Å². The number of amides is 1. The summed E-state index contributed by atoms with van der Waals surface area (Å²) in [5.41, 5.74) is 1.87. The summed E-state index contributed by atoms with van der Waals surface area (Å²) in [4.78, 5) is 18.4. The van der Waals surface area contributed by atoms with Crippen LogP contribution in [0, 0.1) is 0 Å². The van der Waals surface area contributed by atoms with Gasteiger partial charge in [0.15, 0.2) is 11.5 Å². The molecule has 1 amide bonds. The number of rotatable bonds is 7. The van der Waals surface area contributed by atoms with E-state index in [1.807, 2.05) is 24.1 Å². The Bertz CT molecular complexity index is 935. The Hall–Kier alpha value is -3.19. The van der Waals surface area contributed by atoms with E-state index in [2.05, 4.69) is 20.5 Å². The number of hydrogen-bond acceptors (Lipinski definition) is 6. The predicted molar refractivity (Wildman–Crippen MR) is 109 cm³/mol. The lowest BCUT2D eigenvalue weighted by Crippen LogP contribution is -2.22. The van der Waals surface area contributed by atoms with Crippen molar-refractivity contribution in [2.45, 2.75) is 6.42 Å². The molecule has 0 aliphatic carbocycles. The Kier molecular flexibility index (Phi) is 6.39. The fourth-order valence-electron chi connectivity index (χ4n) is 2.57. The maximum Gasteiger partial charge on any atom is 0.276 e. The molecule has 8 heteroatoms. The number of likely N-dealkylation sites (N-methyl/N-ethyl adjacent to an activating group) is 1. The number of halogens is 1. The molecule has 0 atom stereocenters. The van der Waals surface area contributed by atoms with Crippen LogP contribution in [0.2, 0.25) is 5.02 Å². The summed E-state index contributed by atoms with van der Waals surface area (Å²) in [5, 5.41) is 11.4. The number of ether oxygens (including phenoxy) is 1. The Morgan fingerprint density at radius 2 is 1.93 bits per heavy atom.